The SMILES string of the molecule is CC(C)N(Cc1cccs1)C(=O)C(C(=O)O)C(C)(C)C. The van der Waals surface area contributed by atoms with Crippen LogP contribution in [-0.4, -0.2) is 27.9 Å². The van der Waals surface area contributed by atoms with E-state index in [0.717, 1.165) is 4.88 Å². The van der Waals surface area contributed by atoms with Crippen LogP contribution in [0.15, 0.2) is 17.5 Å². The van der Waals surface area contributed by atoms with E-state index < -0.39 is 17.3 Å². The van der Waals surface area contributed by atoms with Crippen molar-refractivity contribution in [1.82, 2.24) is 4.90 Å². The first-order chi connectivity index (χ1) is 9.14. The lowest BCUT2D eigenvalue weighted by Gasteiger charge is -2.34. The Labute approximate surface area is 124 Å². The average molecular weight is 297 g/mol. The predicted octanol–water partition coefficient (Wildman–Crippen LogP) is 3.23. The number of carbonyl (C=O) groups is 2. The van der Waals surface area contributed by atoms with Crippen molar-refractivity contribution >= 4 is 23.2 Å². The molecule has 0 spiro atoms. The highest BCUT2D eigenvalue weighted by Crippen LogP contribution is 2.29. The molecule has 0 aliphatic rings. The lowest BCUT2D eigenvalue weighted by molar-refractivity contribution is -0.157. The van der Waals surface area contributed by atoms with Crippen LogP contribution < -0.4 is 0 Å². The van der Waals surface area contributed by atoms with Crippen molar-refractivity contribution in [3.63, 3.8) is 0 Å². The Hall–Kier alpha value is -1.36. The number of nitrogens with zero attached hydrogens (tertiary/aromatic N) is 1. The normalized spacial score (nSPS) is 13.3. The van der Waals surface area contributed by atoms with Gasteiger partial charge in [-0.25, -0.2) is 0 Å². The van der Waals surface area contributed by atoms with Gasteiger partial charge in [-0.3, -0.25) is 9.59 Å². The Morgan fingerprint density at radius 2 is 1.95 bits per heavy atom. The number of carbonyl (C=O) groups excluding carboxylic acids is 1. The number of carboxylic acid groups (broad SMARTS) is 1. The molecule has 1 atom stereocenters. The zero-order valence-electron chi connectivity index (χ0n) is 12.7. The van der Waals surface area contributed by atoms with E-state index in [0.29, 0.717) is 6.54 Å². The van der Waals surface area contributed by atoms with Gasteiger partial charge in [-0.1, -0.05) is 26.8 Å². The molecule has 0 fully saturated rings. The summed E-state index contributed by atoms with van der Waals surface area (Å²) in [7, 11) is 0. The minimum atomic E-state index is -1.06. The summed E-state index contributed by atoms with van der Waals surface area (Å²) in [5.41, 5.74) is -0.606. The van der Waals surface area contributed by atoms with Crippen molar-refractivity contribution in [3.8, 4) is 0 Å². The number of aliphatic carboxylic acids is 1. The topological polar surface area (TPSA) is 57.6 Å². The molecule has 1 amide bonds. The summed E-state index contributed by atoms with van der Waals surface area (Å²) in [5, 5.41) is 11.3. The minimum absolute atomic E-state index is 0.0335. The minimum Gasteiger partial charge on any atom is -0.481 e. The molecule has 5 heteroatoms. The van der Waals surface area contributed by atoms with E-state index in [9.17, 15) is 14.7 Å². The van der Waals surface area contributed by atoms with Gasteiger partial charge in [0.05, 0.1) is 6.54 Å². The van der Waals surface area contributed by atoms with Crippen molar-refractivity contribution in [3.05, 3.63) is 22.4 Å². The predicted molar refractivity (Wildman–Crippen MR) is 80.6 cm³/mol. The number of carboxylic acids is 1. The maximum atomic E-state index is 12.6. The number of hydrogen-bond donors (Lipinski definition) is 1. The molecule has 0 aliphatic carbocycles. The van der Waals surface area contributed by atoms with Crippen molar-refractivity contribution < 1.29 is 14.7 Å². The fraction of sp³-hybridized carbons (Fsp3) is 0.600. The van der Waals surface area contributed by atoms with E-state index in [-0.39, 0.29) is 11.9 Å². The van der Waals surface area contributed by atoms with Crippen molar-refractivity contribution in [2.75, 3.05) is 0 Å². The molecule has 1 aromatic heterocycles. The second kappa shape index (κ2) is 6.39. The molecule has 112 valence electrons. The van der Waals surface area contributed by atoms with Gasteiger partial charge in [-0.05, 0) is 30.7 Å². The molecule has 0 aromatic carbocycles. The maximum absolute atomic E-state index is 12.6. The standard InChI is InChI=1S/C15H23NO3S/c1-10(2)16(9-11-7-6-8-20-11)13(17)12(14(18)19)15(3,4)5/h6-8,10,12H,9H2,1-5H3,(H,18,19). The highest BCUT2D eigenvalue weighted by molar-refractivity contribution is 7.09. The second-order valence-electron chi connectivity index (χ2n) is 6.28. The van der Waals surface area contributed by atoms with Crippen molar-refractivity contribution in [1.29, 1.82) is 0 Å². The van der Waals surface area contributed by atoms with E-state index in [1.165, 1.54) is 0 Å². The van der Waals surface area contributed by atoms with Crippen molar-refractivity contribution in [2.24, 2.45) is 11.3 Å². The van der Waals surface area contributed by atoms with Gasteiger partial charge in [0.1, 0.15) is 5.92 Å². The first-order valence-corrected chi connectivity index (χ1v) is 7.58. The third kappa shape index (κ3) is 4.07. The monoisotopic (exact) mass is 297 g/mol. The number of amides is 1. The molecule has 0 saturated heterocycles. The fourth-order valence-electron chi connectivity index (χ4n) is 2.10. The molecule has 20 heavy (non-hydrogen) atoms. The summed E-state index contributed by atoms with van der Waals surface area (Å²) in [4.78, 5) is 26.8. The highest BCUT2D eigenvalue weighted by atomic mass is 32.1. The molecule has 0 radical (unpaired) electrons. The van der Waals surface area contributed by atoms with Gasteiger partial charge in [0.2, 0.25) is 5.91 Å². The molecule has 1 unspecified atom stereocenters. The second-order valence-corrected chi connectivity index (χ2v) is 7.31. The Morgan fingerprint density at radius 3 is 2.30 bits per heavy atom. The van der Waals surface area contributed by atoms with E-state index in [2.05, 4.69) is 0 Å². The van der Waals surface area contributed by atoms with Crippen LogP contribution in [0.1, 0.15) is 39.5 Å². The van der Waals surface area contributed by atoms with E-state index >= 15 is 0 Å². The molecule has 0 aliphatic heterocycles. The van der Waals surface area contributed by atoms with Gasteiger partial charge in [0.25, 0.3) is 0 Å². The van der Waals surface area contributed by atoms with Gasteiger partial charge >= 0.3 is 5.97 Å². The van der Waals surface area contributed by atoms with Crippen LogP contribution in [-0.2, 0) is 16.1 Å². The smallest absolute Gasteiger partial charge is 0.316 e. The van der Waals surface area contributed by atoms with Crippen LogP contribution >= 0.6 is 11.3 Å². The summed E-state index contributed by atoms with van der Waals surface area (Å²) in [6, 6.07) is 3.86. The molecule has 1 rings (SSSR count). The fourth-order valence-corrected chi connectivity index (χ4v) is 2.80. The first kappa shape index (κ1) is 16.7. The molecular weight excluding hydrogens is 274 g/mol. The maximum Gasteiger partial charge on any atom is 0.316 e. The Kier molecular flexibility index (Phi) is 5.34. The molecule has 1 heterocycles. The van der Waals surface area contributed by atoms with Crippen molar-refractivity contribution in [2.45, 2.75) is 47.2 Å². The Bertz CT molecular complexity index is 460. The van der Waals surface area contributed by atoms with Gasteiger partial charge in [-0.15, -0.1) is 11.3 Å². The van der Waals surface area contributed by atoms with Crippen LogP contribution in [0.4, 0.5) is 0 Å². The summed E-state index contributed by atoms with van der Waals surface area (Å²) >= 11 is 1.57. The van der Waals surface area contributed by atoms with Gasteiger partial charge < -0.3 is 10.0 Å². The zero-order valence-corrected chi connectivity index (χ0v) is 13.5. The lowest BCUT2D eigenvalue weighted by Crippen LogP contribution is -2.47. The van der Waals surface area contributed by atoms with E-state index in [1.807, 2.05) is 31.4 Å². The molecule has 0 saturated carbocycles. The largest absolute Gasteiger partial charge is 0.481 e. The van der Waals surface area contributed by atoms with Crippen LogP contribution in [0, 0.1) is 11.3 Å². The van der Waals surface area contributed by atoms with Crippen LogP contribution in [0.3, 0.4) is 0 Å². The molecule has 1 N–H and O–H groups in total. The highest BCUT2D eigenvalue weighted by Gasteiger charge is 2.40. The Morgan fingerprint density at radius 1 is 1.35 bits per heavy atom. The quantitative estimate of drug-likeness (QED) is 0.849. The van der Waals surface area contributed by atoms with Gasteiger partial charge in [0, 0.05) is 10.9 Å². The Balaban J connectivity index is 3.01. The van der Waals surface area contributed by atoms with Crippen LogP contribution in [0.5, 0.6) is 0 Å². The summed E-state index contributed by atoms with van der Waals surface area (Å²) in [6.45, 7) is 9.64. The molecule has 1 aromatic rings. The molecule has 0 bridgehead atoms. The van der Waals surface area contributed by atoms with Gasteiger partial charge in [-0.2, -0.15) is 0 Å². The number of rotatable bonds is 5. The number of hydrogen-bond acceptors (Lipinski definition) is 3. The summed E-state index contributed by atoms with van der Waals surface area (Å²) < 4.78 is 0. The third-order valence-electron chi connectivity index (χ3n) is 3.17. The van der Waals surface area contributed by atoms with E-state index in [1.54, 1.807) is 37.0 Å². The van der Waals surface area contributed by atoms with Crippen LogP contribution in [0.2, 0.25) is 0 Å². The van der Waals surface area contributed by atoms with Gasteiger partial charge in [0.15, 0.2) is 0 Å². The average Bonchev–Trinajstić information content (AvgIpc) is 2.74. The van der Waals surface area contributed by atoms with E-state index in [4.69, 9.17) is 0 Å². The number of thiophene rings is 1. The zero-order chi connectivity index (χ0) is 15.5. The lowest BCUT2D eigenvalue weighted by atomic mass is 9.79. The first-order valence-electron chi connectivity index (χ1n) is 6.70. The molecule has 4 nitrogen and oxygen atoms in total. The third-order valence-corrected chi connectivity index (χ3v) is 4.03. The summed E-state index contributed by atoms with van der Waals surface area (Å²) in [6.07, 6.45) is 0. The van der Waals surface area contributed by atoms with Crippen LogP contribution in [0.25, 0.3) is 0 Å². The molecular formula is C15H23NO3S. The summed E-state index contributed by atoms with van der Waals surface area (Å²) in [5.74, 6) is -2.39.